The van der Waals surface area contributed by atoms with Crippen molar-refractivity contribution in [3.63, 3.8) is 0 Å². The van der Waals surface area contributed by atoms with Gasteiger partial charge in [0.2, 0.25) is 0 Å². The predicted molar refractivity (Wildman–Crippen MR) is 85.3 cm³/mol. The van der Waals surface area contributed by atoms with Crippen LogP contribution >= 0.6 is 0 Å². The summed E-state index contributed by atoms with van der Waals surface area (Å²) in [5.74, 6) is 0.750. The molecule has 2 fully saturated rings. The average Bonchev–Trinajstić information content (AvgIpc) is 2.94. The summed E-state index contributed by atoms with van der Waals surface area (Å²) < 4.78 is 11.4. The number of carbonyl (C=O) groups excluding carboxylic acids is 1. The molecule has 0 atom stereocenters. The molecule has 2 aliphatic heterocycles. The Morgan fingerprint density at radius 2 is 1.91 bits per heavy atom. The number of aromatic nitrogens is 2. The van der Waals surface area contributed by atoms with Crippen molar-refractivity contribution >= 4 is 11.7 Å². The number of carbonyl (C=O) groups is 1. The van der Waals surface area contributed by atoms with Crippen molar-refractivity contribution in [2.24, 2.45) is 0 Å². The SMILES string of the molecule is Cc1nc(NC(C)C)cc(C(=O)N2CCC3(CC2)OCCO3)n1. The Labute approximate surface area is 136 Å². The Hall–Kier alpha value is -1.73. The maximum Gasteiger partial charge on any atom is 0.272 e. The lowest BCUT2D eigenvalue weighted by atomic mass is 10.0. The van der Waals surface area contributed by atoms with Gasteiger partial charge in [-0.2, -0.15) is 0 Å². The van der Waals surface area contributed by atoms with Gasteiger partial charge in [0.25, 0.3) is 5.91 Å². The van der Waals surface area contributed by atoms with Gasteiger partial charge in [-0.05, 0) is 20.8 Å². The number of likely N-dealkylation sites (tertiary alicyclic amines) is 1. The second-order valence-electron chi connectivity index (χ2n) is 6.38. The highest BCUT2D eigenvalue weighted by atomic mass is 16.7. The maximum absolute atomic E-state index is 12.7. The normalized spacial score (nSPS) is 20.3. The zero-order chi connectivity index (χ0) is 16.4. The van der Waals surface area contributed by atoms with E-state index in [0.717, 1.165) is 0 Å². The van der Waals surface area contributed by atoms with Crippen LogP contribution in [0.5, 0.6) is 0 Å². The van der Waals surface area contributed by atoms with Crippen molar-refractivity contribution in [1.29, 1.82) is 0 Å². The number of aryl methyl sites for hydroxylation is 1. The van der Waals surface area contributed by atoms with Crippen molar-refractivity contribution < 1.29 is 14.3 Å². The summed E-state index contributed by atoms with van der Waals surface area (Å²) in [6, 6.07) is 1.97. The second kappa shape index (κ2) is 6.41. The molecule has 23 heavy (non-hydrogen) atoms. The number of hydrogen-bond acceptors (Lipinski definition) is 6. The van der Waals surface area contributed by atoms with Crippen LogP contribution < -0.4 is 5.32 Å². The van der Waals surface area contributed by atoms with Gasteiger partial charge in [0.05, 0.1) is 13.2 Å². The third-order valence-electron chi connectivity index (χ3n) is 4.12. The van der Waals surface area contributed by atoms with Crippen LogP contribution in [0, 0.1) is 6.92 Å². The largest absolute Gasteiger partial charge is 0.368 e. The minimum Gasteiger partial charge on any atom is -0.368 e. The first kappa shape index (κ1) is 16.1. The number of amides is 1. The molecule has 0 aromatic carbocycles. The van der Waals surface area contributed by atoms with Crippen LogP contribution in [-0.4, -0.2) is 58.9 Å². The van der Waals surface area contributed by atoms with Crippen molar-refractivity contribution in [1.82, 2.24) is 14.9 Å². The number of ether oxygens (including phenoxy) is 2. The van der Waals surface area contributed by atoms with Crippen LogP contribution in [0.3, 0.4) is 0 Å². The molecule has 0 unspecified atom stereocenters. The van der Waals surface area contributed by atoms with Gasteiger partial charge >= 0.3 is 0 Å². The van der Waals surface area contributed by atoms with Gasteiger partial charge in [0, 0.05) is 38.0 Å². The number of piperidine rings is 1. The monoisotopic (exact) mass is 320 g/mol. The van der Waals surface area contributed by atoms with Crippen LogP contribution in [0.1, 0.15) is 43.0 Å². The van der Waals surface area contributed by atoms with Crippen LogP contribution in [0.2, 0.25) is 0 Å². The minimum atomic E-state index is -0.470. The lowest BCUT2D eigenvalue weighted by Crippen LogP contribution is -2.47. The van der Waals surface area contributed by atoms with E-state index < -0.39 is 5.79 Å². The van der Waals surface area contributed by atoms with Crippen LogP contribution in [0.25, 0.3) is 0 Å². The zero-order valence-electron chi connectivity index (χ0n) is 14.0. The molecule has 1 N–H and O–H groups in total. The lowest BCUT2D eigenvalue weighted by molar-refractivity contribution is -0.181. The molecule has 2 saturated heterocycles. The molecule has 1 amide bonds. The number of hydrogen-bond donors (Lipinski definition) is 1. The van der Waals surface area contributed by atoms with Crippen molar-refractivity contribution in [2.75, 3.05) is 31.6 Å². The Balaban J connectivity index is 1.69. The molecule has 0 aliphatic carbocycles. The Morgan fingerprint density at radius 1 is 1.26 bits per heavy atom. The molecule has 0 saturated carbocycles. The molecule has 1 aromatic rings. The number of rotatable bonds is 3. The molecule has 0 radical (unpaired) electrons. The van der Waals surface area contributed by atoms with Gasteiger partial charge in [-0.1, -0.05) is 0 Å². The van der Waals surface area contributed by atoms with Crippen molar-refractivity contribution in [3.8, 4) is 0 Å². The fourth-order valence-corrected chi connectivity index (χ4v) is 3.05. The summed E-state index contributed by atoms with van der Waals surface area (Å²) in [7, 11) is 0. The molecule has 1 aromatic heterocycles. The molecule has 2 aliphatic rings. The molecule has 0 bridgehead atoms. The first-order chi connectivity index (χ1) is 11.0. The van der Waals surface area contributed by atoms with Crippen LogP contribution in [0.4, 0.5) is 5.82 Å². The van der Waals surface area contributed by atoms with Gasteiger partial charge in [-0.15, -0.1) is 0 Å². The summed E-state index contributed by atoms with van der Waals surface area (Å²) in [6.07, 6.45) is 1.42. The van der Waals surface area contributed by atoms with Gasteiger partial charge in [-0.3, -0.25) is 4.79 Å². The molecule has 7 heteroatoms. The summed E-state index contributed by atoms with van der Waals surface area (Å²) in [6.45, 7) is 8.39. The van der Waals surface area contributed by atoms with E-state index in [4.69, 9.17) is 9.47 Å². The highest BCUT2D eigenvalue weighted by Crippen LogP contribution is 2.31. The Morgan fingerprint density at radius 3 is 2.52 bits per heavy atom. The molecular weight excluding hydrogens is 296 g/mol. The zero-order valence-corrected chi connectivity index (χ0v) is 14.0. The van der Waals surface area contributed by atoms with E-state index in [2.05, 4.69) is 15.3 Å². The number of nitrogens with one attached hydrogen (secondary N) is 1. The van der Waals surface area contributed by atoms with Gasteiger partial charge in [-0.25, -0.2) is 9.97 Å². The van der Waals surface area contributed by atoms with Gasteiger partial charge in [0.1, 0.15) is 17.3 Å². The minimum absolute atomic E-state index is 0.0600. The van der Waals surface area contributed by atoms with Crippen molar-refractivity contribution in [3.05, 3.63) is 17.6 Å². The highest BCUT2D eigenvalue weighted by Gasteiger charge is 2.41. The molecular formula is C16H24N4O3. The summed E-state index contributed by atoms with van der Waals surface area (Å²) in [5.41, 5.74) is 0.435. The quantitative estimate of drug-likeness (QED) is 0.911. The van der Waals surface area contributed by atoms with E-state index in [1.807, 2.05) is 18.7 Å². The third-order valence-corrected chi connectivity index (χ3v) is 4.12. The molecule has 7 nitrogen and oxygen atoms in total. The fraction of sp³-hybridized carbons (Fsp3) is 0.688. The highest BCUT2D eigenvalue weighted by molar-refractivity contribution is 5.93. The smallest absolute Gasteiger partial charge is 0.272 e. The van der Waals surface area contributed by atoms with E-state index in [9.17, 15) is 4.79 Å². The van der Waals surface area contributed by atoms with Gasteiger partial charge < -0.3 is 19.7 Å². The average molecular weight is 320 g/mol. The first-order valence-corrected chi connectivity index (χ1v) is 8.17. The summed E-state index contributed by atoms with van der Waals surface area (Å²) in [4.78, 5) is 23.2. The van der Waals surface area contributed by atoms with E-state index >= 15 is 0 Å². The lowest BCUT2D eigenvalue weighted by Gasteiger charge is -2.37. The maximum atomic E-state index is 12.7. The predicted octanol–water partition coefficient (Wildman–Crippen LogP) is 1.58. The van der Waals surface area contributed by atoms with Crippen molar-refractivity contribution in [2.45, 2.75) is 45.4 Å². The Kier molecular flexibility index (Phi) is 4.50. The van der Waals surface area contributed by atoms with E-state index in [1.165, 1.54) is 0 Å². The van der Waals surface area contributed by atoms with E-state index in [0.29, 0.717) is 56.5 Å². The number of anilines is 1. The molecule has 126 valence electrons. The van der Waals surface area contributed by atoms with E-state index in [-0.39, 0.29) is 11.9 Å². The van der Waals surface area contributed by atoms with Gasteiger partial charge in [0.15, 0.2) is 5.79 Å². The number of nitrogens with zero attached hydrogens (tertiary/aromatic N) is 3. The standard InChI is InChI=1S/C16H24N4O3/c1-11(2)17-14-10-13(18-12(3)19-14)15(21)20-6-4-16(5-7-20)22-8-9-23-16/h10-11H,4-9H2,1-3H3,(H,17,18,19). The summed E-state index contributed by atoms with van der Waals surface area (Å²) in [5, 5.41) is 3.22. The molecule has 3 rings (SSSR count). The Bertz CT molecular complexity index is 575. The fourth-order valence-electron chi connectivity index (χ4n) is 3.05. The first-order valence-electron chi connectivity index (χ1n) is 8.17. The van der Waals surface area contributed by atoms with E-state index in [1.54, 1.807) is 13.0 Å². The second-order valence-corrected chi connectivity index (χ2v) is 6.38. The molecule has 3 heterocycles. The topological polar surface area (TPSA) is 76.6 Å². The third kappa shape index (κ3) is 3.61. The molecule has 1 spiro atoms. The van der Waals surface area contributed by atoms with Crippen LogP contribution in [0.15, 0.2) is 6.07 Å². The van der Waals surface area contributed by atoms with Crippen LogP contribution in [-0.2, 0) is 9.47 Å². The summed E-state index contributed by atoms with van der Waals surface area (Å²) >= 11 is 0.